The normalized spacial score (nSPS) is 24.2. The lowest BCUT2D eigenvalue weighted by atomic mass is 9.89. The monoisotopic (exact) mass is 334 g/mol. The number of aryl methyl sites for hydroxylation is 1. The molecule has 1 fully saturated rings. The first-order valence-corrected chi connectivity index (χ1v) is 9.26. The molecule has 1 saturated heterocycles. The van der Waals surface area contributed by atoms with Crippen molar-refractivity contribution in [3.05, 3.63) is 18.0 Å². The number of hydrogen-bond acceptors (Lipinski definition) is 3. The van der Waals surface area contributed by atoms with Crippen LogP contribution in [-0.2, 0) is 22.8 Å². The first-order valence-electron chi connectivity index (χ1n) is 6.31. The van der Waals surface area contributed by atoms with Crippen LogP contribution in [0.5, 0.6) is 0 Å². The van der Waals surface area contributed by atoms with E-state index in [4.69, 9.17) is 0 Å². The molecule has 102 valence electrons. The summed E-state index contributed by atoms with van der Waals surface area (Å²) in [7, 11) is -2.78. The van der Waals surface area contributed by atoms with Crippen molar-refractivity contribution in [1.29, 1.82) is 0 Å². The van der Waals surface area contributed by atoms with Gasteiger partial charge >= 0.3 is 0 Å². The van der Waals surface area contributed by atoms with Gasteiger partial charge in [-0.05, 0) is 37.2 Å². The third-order valence-electron chi connectivity index (χ3n) is 3.64. The molecule has 0 saturated carbocycles. The zero-order chi connectivity index (χ0) is 13.2. The fourth-order valence-corrected chi connectivity index (χ4v) is 5.21. The molecule has 0 bridgehead atoms. The Bertz CT molecular complexity index is 498. The van der Waals surface area contributed by atoms with Gasteiger partial charge in [-0.25, -0.2) is 8.42 Å². The highest BCUT2D eigenvalue weighted by Gasteiger charge is 2.33. The molecular weight excluding hydrogens is 316 g/mol. The summed E-state index contributed by atoms with van der Waals surface area (Å²) in [5.41, 5.74) is 1.20. The predicted octanol–water partition coefficient (Wildman–Crippen LogP) is 1.89. The molecule has 0 aromatic carbocycles. The van der Waals surface area contributed by atoms with Gasteiger partial charge in [-0.2, -0.15) is 5.10 Å². The fraction of sp³-hybridized carbons (Fsp3) is 0.750. The van der Waals surface area contributed by atoms with Crippen LogP contribution < -0.4 is 0 Å². The van der Waals surface area contributed by atoms with Gasteiger partial charge in [0.25, 0.3) is 0 Å². The maximum Gasteiger partial charge on any atom is 0.150 e. The molecule has 2 unspecified atom stereocenters. The first kappa shape index (κ1) is 14.1. The van der Waals surface area contributed by atoms with Crippen LogP contribution in [0, 0.1) is 11.8 Å². The summed E-state index contributed by atoms with van der Waals surface area (Å²) in [5, 5.41) is 5.11. The van der Waals surface area contributed by atoms with Crippen LogP contribution in [0.4, 0.5) is 0 Å². The van der Waals surface area contributed by atoms with E-state index in [-0.39, 0.29) is 0 Å². The Morgan fingerprint density at radius 1 is 1.61 bits per heavy atom. The predicted molar refractivity (Wildman–Crippen MR) is 75.6 cm³/mol. The number of alkyl halides is 1. The lowest BCUT2D eigenvalue weighted by Gasteiger charge is -2.19. The third kappa shape index (κ3) is 3.35. The van der Waals surface area contributed by atoms with Crippen molar-refractivity contribution < 1.29 is 8.42 Å². The molecule has 6 heteroatoms. The Morgan fingerprint density at radius 2 is 2.39 bits per heavy atom. The van der Waals surface area contributed by atoms with Gasteiger partial charge in [0, 0.05) is 18.1 Å². The average molecular weight is 335 g/mol. The van der Waals surface area contributed by atoms with Crippen molar-refractivity contribution in [2.75, 3.05) is 16.8 Å². The largest absolute Gasteiger partial charge is 0.273 e. The number of aromatic nitrogens is 2. The second-order valence-corrected chi connectivity index (χ2v) is 7.86. The molecule has 2 heterocycles. The lowest BCUT2D eigenvalue weighted by Crippen LogP contribution is -2.20. The SMILES string of the molecule is CCn1cc(CC(CBr)C2CCS(=O)(=O)C2)cn1. The van der Waals surface area contributed by atoms with Gasteiger partial charge in [0.2, 0.25) is 0 Å². The Hall–Kier alpha value is -0.360. The van der Waals surface area contributed by atoms with Crippen molar-refractivity contribution in [1.82, 2.24) is 9.78 Å². The molecule has 0 radical (unpaired) electrons. The van der Waals surface area contributed by atoms with Gasteiger partial charge in [-0.15, -0.1) is 0 Å². The van der Waals surface area contributed by atoms with E-state index < -0.39 is 9.84 Å². The van der Waals surface area contributed by atoms with Crippen molar-refractivity contribution >= 4 is 25.8 Å². The van der Waals surface area contributed by atoms with Gasteiger partial charge < -0.3 is 0 Å². The molecule has 0 aliphatic carbocycles. The van der Waals surface area contributed by atoms with E-state index in [1.807, 2.05) is 10.9 Å². The Balaban J connectivity index is 2.01. The van der Waals surface area contributed by atoms with Crippen LogP contribution in [0.15, 0.2) is 12.4 Å². The van der Waals surface area contributed by atoms with Crippen LogP contribution in [0.25, 0.3) is 0 Å². The highest BCUT2D eigenvalue weighted by atomic mass is 79.9. The number of hydrogen-bond donors (Lipinski definition) is 0. The van der Waals surface area contributed by atoms with Gasteiger partial charge in [0.15, 0.2) is 9.84 Å². The van der Waals surface area contributed by atoms with E-state index in [1.54, 1.807) is 0 Å². The molecule has 4 nitrogen and oxygen atoms in total. The van der Waals surface area contributed by atoms with Gasteiger partial charge in [-0.3, -0.25) is 4.68 Å². The first-order chi connectivity index (χ1) is 8.54. The van der Waals surface area contributed by atoms with Crippen LogP contribution >= 0.6 is 15.9 Å². The summed E-state index contributed by atoms with van der Waals surface area (Å²) in [6.07, 6.45) is 5.66. The Labute approximate surface area is 117 Å². The van der Waals surface area contributed by atoms with Crippen LogP contribution in [0.3, 0.4) is 0 Å². The van der Waals surface area contributed by atoms with E-state index in [9.17, 15) is 8.42 Å². The molecule has 2 atom stereocenters. The lowest BCUT2D eigenvalue weighted by molar-refractivity contribution is 0.402. The van der Waals surface area contributed by atoms with Crippen LogP contribution in [0.1, 0.15) is 18.9 Å². The van der Waals surface area contributed by atoms with Gasteiger partial charge in [0.1, 0.15) is 0 Å². The minimum Gasteiger partial charge on any atom is -0.273 e. The summed E-state index contributed by atoms with van der Waals surface area (Å²) in [6, 6.07) is 0. The maximum atomic E-state index is 11.5. The summed E-state index contributed by atoms with van der Waals surface area (Å²) in [5.74, 6) is 1.39. The molecule has 0 amide bonds. The van der Waals surface area contributed by atoms with Crippen molar-refractivity contribution in [2.45, 2.75) is 26.3 Å². The average Bonchev–Trinajstić information content (AvgIpc) is 2.92. The number of sulfone groups is 1. The zero-order valence-corrected chi connectivity index (χ0v) is 13.0. The Kier molecular flexibility index (Phi) is 4.48. The molecule has 1 aromatic heterocycles. The van der Waals surface area contributed by atoms with E-state index in [1.165, 1.54) is 5.56 Å². The standard InChI is InChI=1S/C12H19BrN2O2S/c1-2-15-8-10(7-14-15)5-12(6-13)11-3-4-18(16,17)9-11/h7-8,11-12H,2-6,9H2,1H3. The quantitative estimate of drug-likeness (QED) is 0.772. The maximum absolute atomic E-state index is 11.5. The molecule has 1 aliphatic heterocycles. The van der Waals surface area contributed by atoms with Crippen molar-refractivity contribution in [2.24, 2.45) is 11.8 Å². The molecule has 2 rings (SSSR count). The molecule has 0 spiro atoms. The third-order valence-corrected chi connectivity index (χ3v) is 6.27. The molecule has 1 aliphatic rings. The molecule has 18 heavy (non-hydrogen) atoms. The van der Waals surface area contributed by atoms with Gasteiger partial charge in [0.05, 0.1) is 17.7 Å². The highest BCUT2D eigenvalue weighted by molar-refractivity contribution is 9.09. The van der Waals surface area contributed by atoms with E-state index in [0.29, 0.717) is 23.3 Å². The number of nitrogens with zero attached hydrogens (tertiary/aromatic N) is 2. The van der Waals surface area contributed by atoms with Crippen molar-refractivity contribution in [3.63, 3.8) is 0 Å². The topological polar surface area (TPSA) is 52.0 Å². The van der Waals surface area contributed by atoms with Crippen LogP contribution in [0.2, 0.25) is 0 Å². The van der Waals surface area contributed by atoms with E-state index in [2.05, 4.69) is 34.1 Å². The highest BCUT2D eigenvalue weighted by Crippen LogP contribution is 2.29. The van der Waals surface area contributed by atoms with Gasteiger partial charge in [-0.1, -0.05) is 15.9 Å². The Morgan fingerprint density at radius 3 is 2.89 bits per heavy atom. The van der Waals surface area contributed by atoms with E-state index >= 15 is 0 Å². The summed E-state index contributed by atoms with van der Waals surface area (Å²) >= 11 is 3.52. The smallest absolute Gasteiger partial charge is 0.150 e. The summed E-state index contributed by atoms with van der Waals surface area (Å²) in [6.45, 7) is 2.93. The summed E-state index contributed by atoms with van der Waals surface area (Å²) in [4.78, 5) is 0. The zero-order valence-electron chi connectivity index (χ0n) is 10.5. The summed E-state index contributed by atoms with van der Waals surface area (Å²) < 4.78 is 25.0. The van der Waals surface area contributed by atoms with E-state index in [0.717, 1.165) is 24.7 Å². The molecule has 0 N–H and O–H groups in total. The molecular formula is C12H19BrN2O2S. The minimum absolute atomic E-state index is 0.291. The van der Waals surface area contributed by atoms with Crippen molar-refractivity contribution in [3.8, 4) is 0 Å². The van der Waals surface area contributed by atoms with Crippen LogP contribution in [-0.4, -0.2) is 35.0 Å². The second-order valence-electron chi connectivity index (χ2n) is 4.99. The number of rotatable bonds is 5. The fourth-order valence-electron chi connectivity index (χ4n) is 2.53. The molecule has 1 aromatic rings. The number of halogens is 1. The second kappa shape index (κ2) is 5.74. The minimum atomic E-state index is -2.78.